The molecule has 0 unspecified atom stereocenters. The van der Waals surface area contributed by atoms with E-state index in [0.717, 1.165) is 0 Å². The number of carbonyl (C=O) groups is 1. The number of nitrogen functional groups attached to an aromatic ring is 1. The lowest BCUT2D eigenvalue weighted by molar-refractivity contribution is 0.112. The molecule has 15 heavy (non-hydrogen) atoms. The molecule has 1 aromatic heterocycles. The molecular formula is C10H8ClN3O. The zero-order valence-electron chi connectivity index (χ0n) is 7.72. The van der Waals surface area contributed by atoms with E-state index in [1.165, 1.54) is 11.0 Å². The van der Waals surface area contributed by atoms with Crippen molar-refractivity contribution in [2.24, 2.45) is 0 Å². The molecule has 2 N–H and O–H groups in total. The third kappa shape index (κ3) is 1.71. The summed E-state index contributed by atoms with van der Waals surface area (Å²) in [5, 5.41) is 0.411. The summed E-state index contributed by atoms with van der Waals surface area (Å²) in [5.41, 5.74) is 1.74. The van der Waals surface area contributed by atoms with Crippen molar-refractivity contribution in [1.82, 2.24) is 9.66 Å². The fraction of sp³-hybridized carbons (Fsp3) is 0. The number of halogens is 1. The summed E-state index contributed by atoms with van der Waals surface area (Å²) in [6.07, 6.45) is 3.80. The van der Waals surface area contributed by atoms with Gasteiger partial charge >= 0.3 is 0 Å². The Labute approximate surface area is 91.3 Å². The van der Waals surface area contributed by atoms with Crippen molar-refractivity contribution in [3.8, 4) is 11.3 Å². The molecule has 0 bridgehead atoms. The van der Waals surface area contributed by atoms with Crippen LogP contribution in [0.4, 0.5) is 0 Å². The Hall–Kier alpha value is -1.81. The van der Waals surface area contributed by atoms with E-state index in [2.05, 4.69) is 4.98 Å². The quantitative estimate of drug-likeness (QED) is 0.621. The molecule has 0 fully saturated rings. The second-order valence-electron chi connectivity index (χ2n) is 3.03. The summed E-state index contributed by atoms with van der Waals surface area (Å²) in [6.45, 7) is 0. The molecule has 1 aromatic carbocycles. The minimum absolute atomic E-state index is 0.411. The van der Waals surface area contributed by atoms with Crippen LogP contribution in [0.1, 0.15) is 10.4 Å². The highest BCUT2D eigenvalue weighted by Crippen LogP contribution is 2.26. The van der Waals surface area contributed by atoms with Gasteiger partial charge in [-0.1, -0.05) is 23.7 Å². The van der Waals surface area contributed by atoms with Gasteiger partial charge in [0.05, 0.1) is 16.9 Å². The molecule has 2 aromatic rings. The Morgan fingerprint density at radius 3 is 2.87 bits per heavy atom. The van der Waals surface area contributed by atoms with E-state index in [0.29, 0.717) is 28.1 Å². The number of nitrogens with zero attached hydrogens (tertiary/aromatic N) is 2. The van der Waals surface area contributed by atoms with Crippen LogP contribution in [0.15, 0.2) is 30.7 Å². The predicted molar refractivity (Wildman–Crippen MR) is 58.2 cm³/mol. The monoisotopic (exact) mass is 221 g/mol. The van der Waals surface area contributed by atoms with E-state index in [1.54, 1.807) is 24.4 Å². The van der Waals surface area contributed by atoms with Gasteiger partial charge in [-0.25, -0.2) is 4.98 Å². The number of aromatic nitrogens is 2. The van der Waals surface area contributed by atoms with Crippen molar-refractivity contribution in [1.29, 1.82) is 0 Å². The van der Waals surface area contributed by atoms with Crippen LogP contribution in [0.3, 0.4) is 0 Å². The standard InChI is InChI=1S/C10H8ClN3O/c11-9-3-1-2-7(8(9)5-15)10-4-14(12)6-13-10/h1-6H,12H2. The summed E-state index contributed by atoms with van der Waals surface area (Å²) < 4.78 is 1.32. The number of aldehydes is 1. The van der Waals surface area contributed by atoms with Gasteiger partial charge in [-0.05, 0) is 6.07 Å². The maximum absolute atomic E-state index is 10.9. The topological polar surface area (TPSA) is 60.9 Å². The SMILES string of the molecule is Nn1cnc(-c2cccc(Cl)c2C=O)c1. The Balaban J connectivity index is 2.62. The zero-order valence-corrected chi connectivity index (χ0v) is 8.48. The third-order valence-corrected chi connectivity index (χ3v) is 2.38. The average Bonchev–Trinajstić information content (AvgIpc) is 2.64. The Morgan fingerprint density at radius 2 is 2.27 bits per heavy atom. The lowest BCUT2D eigenvalue weighted by Gasteiger charge is -2.02. The van der Waals surface area contributed by atoms with Crippen molar-refractivity contribution >= 4 is 17.9 Å². The van der Waals surface area contributed by atoms with Crippen molar-refractivity contribution in [3.63, 3.8) is 0 Å². The number of benzene rings is 1. The minimum Gasteiger partial charge on any atom is -0.338 e. The number of hydrogen-bond acceptors (Lipinski definition) is 3. The smallest absolute Gasteiger partial charge is 0.152 e. The molecule has 0 saturated carbocycles. The van der Waals surface area contributed by atoms with Gasteiger partial charge in [0.1, 0.15) is 6.33 Å². The predicted octanol–water partition coefficient (Wildman–Crippen LogP) is 1.73. The number of hydrogen-bond donors (Lipinski definition) is 1. The second-order valence-corrected chi connectivity index (χ2v) is 3.43. The molecule has 0 amide bonds. The maximum Gasteiger partial charge on any atom is 0.152 e. The van der Waals surface area contributed by atoms with Crippen molar-refractivity contribution < 1.29 is 4.79 Å². The first kappa shape index (κ1) is 9.73. The first-order valence-electron chi connectivity index (χ1n) is 4.25. The molecule has 4 nitrogen and oxygen atoms in total. The van der Waals surface area contributed by atoms with Crippen LogP contribution in [0, 0.1) is 0 Å². The summed E-state index contributed by atoms with van der Waals surface area (Å²) in [7, 11) is 0. The molecule has 5 heteroatoms. The lowest BCUT2D eigenvalue weighted by Crippen LogP contribution is -2.02. The third-order valence-electron chi connectivity index (χ3n) is 2.05. The molecule has 76 valence electrons. The molecular weight excluding hydrogens is 214 g/mol. The fourth-order valence-electron chi connectivity index (χ4n) is 1.36. The van der Waals surface area contributed by atoms with E-state index in [9.17, 15) is 4.79 Å². The normalized spacial score (nSPS) is 10.2. The first-order valence-corrected chi connectivity index (χ1v) is 4.63. The second kappa shape index (κ2) is 3.74. The molecule has 0 atom stereocenters. The summed E-state index contributed by atoms with van der Waals surface area (Å²) in [4.78, 5) is 14.9. The fourth-order valence-corrected chi connectivity index (χ4v) is 1.58. The molecule has 0 saturated heterocycles. The number of rotatable bonds is 2. The minimum atomic E-state index is 0.411. The highest BCUT2D eigenvalue weighted by atomic mass is 35.5. The molecule has 1 heterocycles. The number of nitrogens with two attached hydrogens (primary N) is 1. The van der Waals surface area contributed by atoms with Crippen LogP contribution in [-0.4, -0.2) is 15.9 Å². The highest BCUT2D eigenvalue weighted by molar-refractivity contribution is 6.33. The van der Waals surface area contributed by atoms with Crippen LogP contribution in [-0.2, 0) is 0 Å². The van der Waals surface area contributed by atoms with Gasteiger partial charge in [0.2, 0.25) is 0 Å². The van der Waals surface area contributed by atoms with Gasteiger partial charge in [-0.3, -0.25) is 9.47 Å². The summed E-state index contributed by atoms with van der Waals surface area (Å²) >= 11 is 5.89. The van der Waals surface area contributed by atoms with Gasteiger partial charge in [-0.2, -0.15) is 0 Å². The van der Waals surface area contributed by atoms with E-state index in [-0.39, 0.29) is 0 Å². The Bertz CT molecular complexity index is 507. The molecule has 0 aliphatic carbocycles. The van der Waals surface area contributed by atoms with E-state index in [1.807, 2.05) is 0 Å². The van der Waals surface area contributed by atoms with Crippen LogP contribution >= 0.6 is 11.6 Å². The van der Waals surface area contributed by atoms with Crippen molar-refractivity contribution in [3.05, 3.63) is 41.3 Å². The van der Waals surface area contributed by atoms with Crippen LogP contribution < -0.4 is 5.84 Å². The van der Waals surface area contributed by atoms with Crippen LogP contribution in [0.5, 0.6) is 0 Å². The molecule has 0 spiro atoms. The van der Waals surface area contributed by atoms with Crippen LogP contribution in [0.25, 0.3) is 11.3 Å². The number of imidazole rings is 1. The first-order chi connectivity index (χ1) is 7.22. The average molecular weight is 222 g/mol. The molecule has 2 rings (SSSR count). The van der Waals surface area contributed by atoms with Gasteiger partial charge < -0.3 is 5.84 Å². The van der Waals surface area contributed by atoms with E-state index < -0.39 is 0 Å². The van der Waals surface area contributed by atoms with E-state index in [4.69, 9.17) is 17.4 Å². The summed E-state index contributed by atoms with van der Waals surface area (Å²) in [5.74, 6) is 5.48. The van der Waals surface area contributed by atoms with E-state index >= 15 is 0 Å². The van der Waals surface area contributed by atoms with Gasteiger partial charge in [-0.15, -0.1) is 0 Å². The molecule has 0 aliphatic heterocycles. The Morgan fingerprint density at radius 1 is 1.47 bits per heavy atom. The van der Waals surface area contributed by atoms with Gasteiger partial charge in [0.25, 0.3) is 0 Å². The number of carbonyl (C=O) groups excluding carboxylic acids is 1. The molecule has 0 radical (unpaired) electrons. The van der Waals surface area contributed by atoms with Crippen molar-refractivity contribution in [2.75, 3.05) is 5.84 Å². The largest absolute Gasteiger partial charge is 0.338 e. The van der Waals surface area contributed by atoms with Crippen LogP contribution in [0.2, 0.25) is 5.02 Å². The maximum atomic E-state index is 10.9. The van der Waals surface area contributed by atoms with Crippen molar-refractivity contribution in [2.45, 2.75) is 0 Å². The van der Waals surface area contributed by atoms with Gasteiger partial charge in [0.15, 0.2) is 6.29 Å². The highest BCUT2D eigenvalue weighted by Gasteiger charge is 2.09. The lowest BCUT2D eigenvalue weighted by atomic mass is 10.1. The molecule has 0 aliphatic rings. The summed E-state index contributed by atoms with van der Waals surface area (Å²) in [6, 6.07) is 5.20. The van der Waals surface area contributed by atoms with Gasteiger partial charge in [0, 0.05) is 11.1 Å². The zero-order chi connectivity index (χ0) is 10.8. The Kier molecular flexibility index (Phi) is 2.43.